The molecule has 1 aromatic carbocycles. The molecule has 0 bridgehead atoms. The highest BCUT2D eigenvalue weighted by Gasteiger charge is 2.22. The summed E-state index contributed by atoms with van der Waals surface area (Å²) >= 11 is 0. The molecular formula is C18H24O5. The Hall–Kier alpha value is -2.01. The van der Waals surface area contributed by atoms with Crippen molar-refractivity contribution in [2.45, 2.75) is 57.7 Å². The van der Waals surface area contributed by atoms with Gasteiger partial charge in [0.05, 0.1) is 6.10 Å². The van der Waals surface area contributed by atoms with E-state index in [-0.39, 0.29) is 29.6 Å². The van der Waals surface area contributed by atoms with Crippen LogP contribution in [0.15, 0.2) is 24.3 Å². The lowest BCUT2D eigenvalue weighted by Gasteiger charge is -2.17. The third kappa shape index (κ3) is 4.99. The average molecular weight is 320 g/mol. The first kappa shape index (κ1) is 17.3. The van der Waals surface area contributed by atoms with E-state index in [2.05, 4.69) is 6.08 Å². The molecule has 2 atom stereocenters. The minimum atomic E-state index is -0.636. The number of carbonyl (C=O) groups excluding carboxylic acids is 1. The zero-order chi connectivity index (χ0) is 16.8. The van der Waals surface area contributed by atoms with Crippen LogP contribution >= 0.6 is 0 Å². The van der Waals surface area contributed by atoms with Crippen LogP contribution < -0.4 is 0 Å². The van der Waals surface area contributed by atoms with E-state index in [0.29, 0.717) is 18.4 Å². The Kier molecular flexibility index (Phi) is 6.04. The molecule has 1 aliphatic heterocycles. The first-order valence-electron chi connectivity index (χ1n) is 8.06. The Morgan fingerprint density at radius 3 is 2.74 bits per heavy atom. The van der Waals surface area contributed by atoms with Crippen LogP contribution in [-0.4, -0.2) is 33.5 Å². The molecule has 2 rings (SSSR count). The minimum absolute atomic E-state index is 0.0229. The van der Waals surface area contributed by atoms with E-state index in [4.69, 9.17) is 4.74 Å². The van der Waals surface area contributed by atoms with Crippen LogP contribution in [0.25, 0.3) is 0 Å². The number of phenolic OH excluding ortho intramolecular Hbond substituents is 2. The van der Waals surface area contributed by atoms with E-state index in [0.717, 1.165) is 25.3 Å². The van der Waals surface area contributed by atoms with Crippen LogP contribution in [0.4, 0.5) is 0 Å². The predicted octanol–water partition coefficient (Wildman–Crippen LogP) is 3.07. The molecule has 126 valence electrons. The fraction of sp³-hybridized carbons (Fsp3) is 0.500. The Morgan fingerprint density at radius 2 is 1.96 bits per heavy atom. The van der Waals surface area contributed by atoms with Crippen LogP contribution in [0.2, 0.25) is 0 Å². The van der Waals surface area contributed by atoms with E-state index in [9.17, 15) is 20.1 Å². The maximum Gasteiger partial charge on any atom is 0.342 e. The summed E-state index contributed by atoms with van der Waals surface area (Å²) in [6.45, 7) is 1.79. The van der Waals surface area contributed by atoms with Gasteiger partial charge in [-0.2, -0.15) is 0 Å². The maximum atomic E-state index is 12.4. The monoisotopic (exact) mass is 320 g/mol. The van der Waals surface area contributed by atoms with Crippen LogP contribution in [0, 0.1) is 0 Å². The molecule has 1 aromatic rings. The number of rotatable bonds is 0. The molecule has 0 saturated heterocycles. The second kappa shape index (κ2) is 8.02. The quantitative estimate of drug-likeness (QED) is 0.505. The van der Waals surface area contributed by atoms with E-state index in [1.807, 2.05) is 6.08 Å². The summed E-state index contributed by atoms with van der Waals surface area (Å²) in [4.78, 5) is 12.4. The van der Waals surface area contributed by atoms with Crippen molar-refractivity contribution in [3.63, 3.8) is 0 Å². The highest BCUT2D eigenvalue weighted by molar-refractivity contribution is 5.94. The van der Waals surface area contributed by atoms with Crippen LogP contribution in [-0.2, 0) is 11.2 Å². The standard InChI is InChI=1S/C18H24O5/c1-12-7-5-3-2-4-6-8-14(19)9-13-10-15(20)11-16(21)17(13)18(22)23-12/h3,5,10-12,14,19-21H,2,4,6-9H2,1H3/b5-3+. The Morgan fingerprint density at radius 1 is 1.17 bits per heavy atom. The smallest absolute Gasteiger partial charge is 0.342 e. The average Bonchev–Trinajstić information content (AvgIpc) is 2.44. The van der Waals surface area contributed by atoms with Crippen molar-refractivity contribution in [1.29, 1.82) is 0 Å². The molecular weight excluding hydrogens is 296 g/mol. The van der Waals surface area contributed by atoms with Crippen molar-refractivity contribution in [2.24, 2.45) is 0 Å². The normalized spacial score (nSPS) is 25.0. The molecule has 0 fully saturated rings. The van der Waals surface area contributed by atoms with Gasteiger partial charge in [0.25, 0.3) is 0 Å². The number of aromatic hydroxyl groups is 2. The minimum Gasteiger partial charge on any atom is -0.508 e. The Labute approximate surface area is 136 Å². The van der Waals surface area contributed by atoms with E-state index in [1.165, 1.54) is 6.07 Å². The second-order valence-electron chi connectivity index (χ2n) is 6.06. The van der Waals surface area contributed by atoms with Crippen molar-refractivity contribution in [1.82, 2.24) is 0 Å². The maximum absolute atomic E-state index is 12.4. The first-order chi connectivity index (χ1) is 11.0. The molecule has 0 amide bonds. The van der Waals surface area contributed by atoms with Gasteiger partial charge in [-0.15, -0.1) is 0 Å². The number of carbonyl (C=O) groups is 1. The first-order valence-corrected chi connectivity index (χ1v) is 8.06. The van der Waals surface area contributed by atoms with Crippen LogP contribution in [0.3, 0.4) is 0 Å². The summed E-state index contributed by atoms with van der Waals surface area (Å²) < 4.78 is 5.36. The number of benzene rings is 1. The number of ether oxygens (including phenoxy) is 1. The molecule has 23 heavy (non-hydrogen) atoms. The van der Waals surface area contributed by atoms with Crippen molar-refractivity contribution in [3.05, 3.63) is 35.4 Å². The summed E-state index contributed by atoms with van der Waals surface area (Å²) in [5.41, 5.74) is 0.426. The molecule has 0 aliphatic carbocycles. The third-order valence-electron chi connectivity index (χ3n) is 3.94. The molecule has 5 nitrogen and oxygen atoms in total. The highest BCUT2D eigenvalue weighted by atomic mass is 16.5. The number of aliphatic hydroxyl groups is 1. The molecule has 0 saturated carbocycles. The van der Waals surface area contributed by atoms with Crippen molar-refractivity contribution in [2.75, 3.05) is 0 Å². The Balaban J connectivity index is 2.32. The molecule has 1 heterocycles. The van der Waals surface area contributed by atoms with Gasteiger partial charge >= 0.3 is 5.97 Å². The lowest BCUT2D eigenvalue weighted by molar-refractivity contribution is 0.0342. The number of allylic oxidation sites excluding steroid dienone is 1. The van der Waals surface area contributed by atoms with Gasteiger partial charge in [0.2, 0.25) is 0 Å². The summed E-state index contributed by atoms with van der Waals surface area (Å²) in [5, 5.41) is 29.8. The lowest BCUT2D eigenvalue weighted by Crippen LogP contribution is -2.18. The fourth-order valence-electron chi connectivity index (χ4n) is 2.76. The number of cyclic esters (lactones) is 1. The van der Waals surface area contributed by atoms with Gasteiger partial charge in [-0.25, -0.2) is 4.79 Å². The number of fused-ring (bicyclic) bond motifs is 1. The van der Waals surface area contributed by atoms with Gasteiger partial charge in [0.1, 0.15) is 23.2 Å². The van der Waals surface area contributed by atoms with Crippen LogP contribution in [0.1, 0.15) is 54.9 Å². The summed E-state index contributed by atoms with van der Waals surface area (Å²) in [7, 11) is 0. The third-order valence-corrected chi connectivity index (χ3v) is 3.94. The molecule has 0 radical (unpaired) electrons. The second-order valence-corrected chi connectivity index (χ2v) is 6.06. The van der Waals surface area contributed by atoms with Gasteiger partial charge < -0.3 is 20.1 Å². The van der Waals surface area contributed by atoms with Crippen molar-refractivity contribution < 1.29 is 24.9 Å². The van der Waals surface area contributed by atoms with Gasteiger partial charge in [-0.1, -0.05) is 18.6 Å². The molecule has 0 spiro atoms. The number of hydrogen-bond acceptors (Lipinski definition) is 5. The lowest BCUT2D eigenvalue weighted by atomic mass is 9.97. The zero-order valence-corrected chi connectivity index (χ0v) is 13.4. The molecule has 5 heteroatoms. The Bertz CT molecular complexity index is 579. The number of hydrogen-bond donors (Lipinski definition) is 3. The van der Waals surface area contributed by atoms with Gasteiger partial charge in [-0.3, -0.25) is 0 Å². The van der Waals surface area contributed by atoms with E-state index < -0.39 is 12.1 Å². The summed E-state index contributed by atoms with van der Waals surface area (Å²) in [6, 6.07) is 2.51. The predicted molar refractivity (Wildman–Crippen MR) is 86.6 cm³/mol. The SMILES string of the molecule is CC1C/C=C/CCCCC(O)Cc2cc(O)cc(O)c2C(=O)O1. The van der Waals surface area contributed by atoms with Gasteiger partial charge in [0, 0.05) is 12.5 Å². The fourth-order valence-corrected chi connectivity index (χ4v) is 2.76. The number of esters is 1. The number of aliphatic hydroxyl groups excluding tert-OH is 1. The number of phenols is 2. The van der Waals surface area contributed by atoms with Crippen LogP contribution in [0.5, 0.6) is 11.5 Å². The highest BCUT2D eigenvalue weighted by Crippen LogP contribution is 2.30. The summed E-state index contributed by atoms with van der Waals surface area (Å²) in [6.07, 6.45) is 7.31. The van der Waals surface area contributed by atoms with E-state index >= 15 is 0 Å². The zero-order valence-electron chi connectivity index (χ0n) is 13.4. The summed E-state index contributed by atoms with van der Waals surface area (Å²) in [5.74, 6) is -1.10. The largest absolute Gasteiger partial charge is 0.508 e. The molecule has 0 aromatic heterocycles. The van der Waals surface area contributed by atoms with Gasteiger partial charge in [-0.05, 0) is 44.2 Å². The van der Waals surface area contributed by atoms with E-state index in [1.54, 1.807) is 6.92 Å². The van der Waals surface area contributed by atoms with Gasteiger partial charge in [0.15, 0.2) is 0 Å². The van der Waals surface area contributed by atoms with Crippen molar-refractivity contribution in [3.8, 4) is 11.5 Å². The molecule has 2 unspecified atom stereocenters. The topological polar surface area (TPSA) is 87.0 Å². The molecule has 3 N–H and O–H groups in total. The molecule has 1 aliphatic rings. The van der Waals surface area contributed by atoms with Crippen molar-refractivity contribution >= 4 is 5.97 Å².